The van der Waals surface area contributed by atoms with E-state index in [-0.39, 0.29) is 5.56 Å². The summed E-state index contributed by atoms with van der Waals surface area (Å²) >= 11 is 12.1. The molecule has 1 N–H and O–H groups in total. The number of aromatic nitrogens is 1. The Kier molecular flexibility index (Phi) is 3.47. The number of hydrogen-bond acceptors (Lipinski definition) is 1. The Morgan fingerprint density at radius 2 is 1.90 bits per heavy atom. The predicted molar refractivity (Wildman–Crippen MR) is 82.9 cm³/mol. The molecule has 3 rings (SSSR count). The highest BCUT2D eigenvalue weighted by Crippen LogP contribution is 2.31. The summed E-state index contributed by atoms with van der Waals surface area (Å²) < 4.78 is 14.0. The first-order valence-corrected chi connectivity index (χ1v) is 7.00. The smallest absolute Gasteiger partial charge is 0.198 e. The minimum atomic E-state index is -0.542. The monoisotopic (exact) mass is 321 g/mol. The summed E-state index contributed by atoms with van der Waals surface area (Å²) in [5.74, 6) is -0.956. The molecule has 0 saturated carbocycles. The molecule has 0 radical (unpaired) electrons. The van der Waals surface area contributed by atoms with E-state index in [0.717, 1.165) is 5.56 Å². The maximum absolute atomic E-state index is 14.0. The Bertz CT molecular complexity index is 870. The van der Waals surface area contributed by atoms with Gasteiger partial charge in [0.15, 0.2) is 5.78 Å². The molecule has 0 atom stereocenters. The molecule has 0 aliphatic rings. The Balaban J connectivity index is 2.18. The maximum Gasteiger partial charge on any atom is 0.198 e. The van der Waals surface area contributed by atoms with Gasteiger partial charge in [-0.15, -0.1) is 0 Å². The second-order valence-corrected chi connectivity index (χ2v) is 5.67. The van der Waals surface area contributed by atoms with E-state index in [1.54, 1.807) is 25.1 Å². The normalized spacial score (nSPS) is 11.0. The number of H-pyrrole nitrogens is 1. The third-order valence-electron chi connectivity index (χ3n) is 3.31. The van der Waals surface area contributed by atoms with E-state index < -0.39 is 11.6 Å². The Hall–Kier alpha value is -1.84. The van der Waals surface area contributed by atoms with Crippen molar-refractivity contribution in [1.29, 1.82) is 0 Å². The van der Waals surface area contributed by atoms with Gasteiger partial charge in [-0.05, 0) is 36.8 Å². The van der Waals surface area contributed by atoms with Gasteiger partial charge in [0.1, 0.15) is 5.82 Å². The summed E-state index contributed by atoms with van der Waals surface area (Å²) in [5.41, 5.74) is 1.75. The number of ketones is 1. The van der Waals surface area contributed by atoms with Gasteiger partial charge in [0.25, 0.3) is 0 Å². The van der Waals surface area contributed by atoms with Crippen molar-refractivity contribution >= 4 is 39.9 Å². The lowest BCUT2D eigenvalue weighted by molar-refractivity contribution is 0.103. The van der Waals surface area contributed by atoms with E-state index in [0.29, 0.717) is 26.5 Å². The molecule has 0 aliphatic carbocycles. The number of fused-ring (bicyclic) bond motifs is 1. The van der Waals surface area contributed by atoms with Crippen LogP contribution < -0.4 is 0 Å². The van der Waals surface area contributed by atoms with E-state index >= 15 is 0 Å². The first kappa shape index (κ1) is 14.1. The number of halogens is 3. The molecule has 0 saturated heterocycles. The SMILES string of the molecule is Cc1ccc(C(=O)c2c[nH]c3cc(Cl)cc(Cl)c23)c(F)c1. The zero-order valence-electron chi connectivity index (χ0n) is 11.0. The van der Waals surface area contributed by atoms with Gasteiger partial charge in [-0.3, -0.25) is 4.79 Å². The number of rotatable bonds is 2. The van der Waals surface area contributed by atoms with Gasteiger partial charge < -0.3 is 4.98 Å². The fraction of sp³-hybridized carbons (Fsp3) is 0.0625. The lowest BCUT2D eigenvalue weighted by Crippen LogP contribution is -2.04. The summed E-state index contributed by atoms with van der Waals surface area (Å²) in [6.07, 6.45) is 1.52. The van der Waals surface area contributed by atoms with Crippen LogP contribution in [0.25, 0.3) is 10.9 Å². The van der Waals surface area contributed by atoms with Crippen molar-refractivity contribution in [1.82, 2.24) is 4.98 Å². The molecular formula is C16H10Cl2FNO. The number of hydrogen-bond donors (Lipinski definition) is 1. The van der Waals surface area contributed by atoms with Crippen LogP contribution in [-0.4, -0.2) is 10.8 Å². The molecule has 0 aliphatic heterocycles. The highest BCUT2D eigenvalue weighted by atomic mass is 35.5. The summed E-state index contributed by atoms with van der Waals surface area (Å²) in [6, 6.07) is 7.74. The molecule has 1 heterocycles. The predicted octanol–water partition coefficient (Wildman–Crippen LogP) is 5.15. The van der Waals surface area contributed by atoms with E-state index in [9.17, 15) is 9.18 Å². The number of carbonyl (C=O) groups excluding carboxylic acids is 1. The Morgan fingerprint density at radius 1 is 1.14 bits per heavy atom. The zero-order valence-corrected chi connectivity index (χ0v) is 12.5. The largest absolute Gasteiger partial charge is 0.360 e. The topological polar surface area (TPSA) is 32.9 Å². The molecule has 106 valence electrons. The van der Waals surface area contributed by atoms with Crippen LogP contribution in [0.5, 0.6) is 0 Å². The van der Waals surface area contributed by atoms with Crippen LogP contribution in [0.15, 0.2) is 36.5 Å². The third-order valence-corrected chi connectivity index (χ3v) is 3.83. The van der Waals surface area contributed by atoms with Crippen LogP contribution in [0.2, 0.25) is 10.0 Å². The van der Waals surface area contributed by atoms with E-state index in [4.69, 9.17) is 23.2 Å². The Morgan fingerprint density at radius 3 is 2.62 bits per heavy atom. The number of nitrogens with one attached hydrogen (secondary N) is 1. The molecule has 0 fully saturated rings. The van der Waals surface area contributed by atoms with Crippen LogP contribution in [0.1, 0.15) is 21.5 Å². The molecule has 5 heteroatoms. The van der Waals surface area contributed by atoms with Gasteiger partial charge in [0.05, 0.1) is 10.6 Å². The number of carbonyl (C=O) groups is 1. The molecule has 1 aromatic heterocycles. The second kappa shape index (κ2) is 5.17. The van der Waals surface area contributed by atoms with E-state index in [2.05, 4.69) is 4.98 Å². The molecule has 3 aromatic rings. The van der Waals surface area contributed by atoms with Crippen LogP contribution in [-0.2, 0) is 0 Å². The number of benzene rings is 2. The number of aryl methyl sites for hydroxylation is 1. The molecule has 2 nitrogen and oxygen atoms in total. The van der Waals surface area contributed by atoms with Crippen molar-refractivity contribution in [3.05, 3.63) is 69.1 Å². The summed E-state index contributed by atoms with van der Waals surface area (Å²) in [6.45, 7) is 1.77. The molecule has 2 aromatic carbocycles. The van der Waals surface area contributed by atoms with Crippen LogP contribution in [0.3, 0.4) is 0 Å². The minimum Gasteiger partial charge on any atom is -0.360 e. The van der Waals surface area contributed by atoms with Crippen molar-refractivity contribution in [2.45, 2.75) is 6.92 Å². The van der Waals surface area contributed by atoms with Crippen LogP contribution in [0, 0.1) is 12.7 Å². The molecule has 0 unspecified atom stereocenters. The van der Waals surface area contributed by atoms with Crippen LogP contribution >= 0.6 is 23.2 Å². The standard InChI is InChI=1S/C16H10Cl2FNO/c1-8-2-3-10(13(19)4-8)16(21)11-7-20-14-6-9(17)5-12(18)15(11)14/h2-7,20H,1H3. The fourth-order valence-corrected chi connectivity index (χ4v) is 2.91. The summed E-state index contributed by atoms with van der Waals surface area (Å²) in [4.78, 5) is 15.5. The first-order chi connectivity index (χ1) is 9.97. The van der Waals surface area contributed by atoms with Crippen molar-refractivity contribution < 1.29 is 9.18 Å². The van der Waals surface area contributed by atoms with Gasteiger partial charge in [-0.2, -0.15) is 0 Å². The summed E-state index contributed by atoms with van der Waals surface area (Å²) in [7, 11) is 0. The van der Waals surface area contributed by atoms with Crippen LogP contribution in [0.4, 0.5) is 4.39 Å². The lowest BCUT2D eigenvalue weighted by atomic mass is 10.0. The van der Waals surface area contributed by atoms with Crippen molar-refractivity contribution in [2.24, 2.45) is 0 Å². The van der Waals surface area contributed by atoms with Gasteiger partial charge in [0, 0.05) is 27.7 Å². The molecule has 0 bridgehead atoms. The van der Waals surface area contributed by atoms with Crippen molar-refractivity contribution in [3.63, 3.8) is 0 Å². The van der Waals surface area contributed by atoms with Crippen molar-refractivity contribution in [3.8, 4) is 0 Å². The number of aromatic amines is 1. The Labute approximate surface area is 130 Å². The van der Waals surface area contributed by atoms with E-state index in [1.807, 2.05) is 0 Å². The maximum atomic E-state index is 14.0. The molecule has 21 heavy (non-hydrogen) atoms. The van der Waals surface area contributed by atoms with E-state index in [1.165, 1.54) is 18.3 Å². The zero-order chi connectivity index (χ0) is 15.1. The quantitative estimate of drug-likeness (QED) is 0.650. The fourth-order valence-electron chi connectivity index (χ4n) is 2.31. The van der Waals surface area contributed by atoms with Gasteiger partial charge >= 0.3 is 0 Å². The van der Waals surface area contributed by atoms with Gasteiger partial charge in [-0.1, -0.05) is 29.3 Å². The average molecular weight is 322 g/mol. The van der Waals surface area contributed by atoms with Gasteiger partial charge in [0.2, 0.25) is 0 Å². The molecule has 0 amide bonds. The lowest BCUT2D eigenvalue weighted by Gasteiger charge is -2.04. The summed E-state index contributed by atoms with van der Waals surface area (Å²) in [5, 5.41) is 1.37. The van der Waals surface area contributed by atoms with Gasteiger partial charge in [-0.25, -0.2) is 4.39 Å². The minimum absolute atomic E-state index is 0.0208. The van der Waals surface area contributed by atoms with Crippen molar-refractivity contribution in [2.75, 3.05) is 0 Å². The molecule has 0 spiro atoms. The average Bonchev–Trinajstić information content (AvgIpc) is 2.81. The highest BCUT2D eigenvalue weighted by Gasteiger charge is 2.19. The third kappa shape index (κ3) is 2.43. The molecular weight excluding hydrogens is 312 g/mol. The highest BCUT2D eigenvalue weighted by molar-refractivity contribution is 6.40. The second-order valence-electron chi connectivity index (χ2n) is 4.82. The first-order valence-electron chi connectivity index (χ1n) is 6.24.